The van der Waals surface area contributed by atoms with Crippen molar-refractivity contribution in [3.05, 3.63) is 53.5 Å². The van der Waals surface area contributed by atoms with Crippen LogP contribution >= 0.6 is 0 Å². The van der Waals surface area contributed by atoms with Gasteiger partial charge in [-0.2, -0.15) is 0 Å². The lowest BCUT2D eigenvalue weighted by atomic mass is 10.1. The van der Waals surface area contributed by atoms with E-state index in [1.807, 2.05) is 32.9 Å². The second-order valence-electron chi connectivity index (χ2n) is 5.99. The first-order valence-corrected chi connectivity index (χ1v) is 9.49. The molecule has 0 bridgehead atoms. The summed E-state index contributed by atoms with van der Waals surface area (Å²) >= 11 is 0. The van der Waals surface area contributed by atoms with Crippen molar-refractivity contribution in [2.24, 2.45) is 0 Å². The van der Waals surface area contributed by atoms with E-state index in [-0.39, 0.29) is 11.9 Å². The molecule has 0 fully saturated rings. The van der Waals surface area contributed by atoms with Crippen LogP contribution in [0.3, 0.4) is 0 Å². The van der Waals surface area contributed by atoms with Gasteiger partial charge in [-0.15, -0.1) is 0 Å². The summed E-state index contributed by atoms with van der Waals surface area (Å²) < 4.78 is 30.6. The number of hydrogen-bond acceptors (Lipinski definition) is 4. The molecule has 2 rings (SSSR count). The number of aryl methyl sites for hydroxylation is 1. The number of anilines is 1. The van der Waals surface area contributed by atoms with Crippen molar-refractivity contribution in [3.63, 3.8) is 0 Å². The molecule has 0 atom stereocenters. The highest BCUT2D eigenvalue weighted by molar-refractivity contribution is 7.92. The van der Waals surface area contributed by atoms with Crippen LogP contribution in [0, 0.1) is 6.92 Å². The van der Waals surface area contributed by atoms with E-state index in [2.05, 4.69) is 4.72 Å². The summed E-state index contributed by atoms with van der Waals surface area (Å²) in [5.41, 5.74) is 0.779. The van der Waals surface area contributed by atoms with Crippen LogP contribution in [-0.4, -0.2) is 31.5 Å². The molecule has 0 unspecified atom stereocenters. The van der Waals surface area contributed by atoms with E-state index in [0.29, 0.717) is 23.6 Å². The van der Waals surface area contributed by atoms with Gasteiger partial charge in [-0.3, -0.25) is 9.52 Å². The Hall–Kier alpha value is -2.28. The van der Waals surface area contributed by atoms with Gasteiger partial charge in [-0.1, -0.05) is 6.07 Å². The second kappa shape index (κ2) is 7.09. The second-order valence-corrected chi connectivity index (χ2v) is 7.74. The summed E-state index contributed by atoms with van der Waals surface area (Å²) in [4.78, 5) is 14.5. The molecule has 130 valence electrons. The minimum atomic E-state index is -3.39. The van der Waals surface area contributed by atoms with Gasteiger partial charge in [0.15, 0.2) is 0 Å². The zero-order valence-corrected chi connectivity index (χ0v) is 15.1. The van der Waals surface area contributed by atoms with Crippen LogP contribution in [0.5, 0.6) is 0 Å². The van der Waals surface area contributed by atoms with Gasteiger partial charge in [0.25, 0.3) is 5.91 Å². The molecule has 1 aromatic carbocycles. The summed E-state index contributed by atoms with van der Waals surface area (Å²) in [5.74, 6) is 1.32. The molecule has 0 saturated carbocycles. The van der Waals surface area contributed by atoms with Crippen LogP contribution in [0.2, 0.25) is 0 Å². The number of sulfonamides is 1. The summed E-state index contributed by atoms with van der Waals surface area (Å²) in [5, 5.41) is 0. The maximum absolute atomic E-state index is 12.8. The van der Waals surface area contributed by atoms with E-state index < -0.39 is 10.0 Å². The number of hydrogen-bond donors (Lipinski definition) is 1. The molecule has 0 aliphatic carbocycles. The lowest BCUT2D eigenvalue weighted by Gasteiger charge is -2.26. The number of benzene rings is 1. The van der Waals surface area contributed by atoms with Gasteiger partial charge in [0.1, 0.15) is 11.5 Å². The third-order valence-electron chi connectivity index (χ3n) is 3.42. The highest BCUT2D eigenvalue weighted by atomic mass is 32.2. The van der Waals surface area contributed by atoms with Crippen LogP contribution in [0.4, 0.5) is 5.69 Å². The lowest BCUT2D eigenvalue weighted by Crippen LogP contribution is -2.36. The minimum Gasteiger partial charge on any atom is -0.464 e. The fourth-order valence-electron chi connectivity index (χ4n) is 2.32. The summed E-state index contributed by atoms with van der Waals surface area (Å²) in [6.45, 7) is 6.05. The molecule has 6 nitrogen and oxygen atoms in total. The van der Waals surface area contributed by atoms with Gasteiger partial charge >= 0.3 is 0 Å². The van der Waals surface area contributed by atoms with Gasteiger partial charge < -0.3 is 9.32 Å². The molecule has 0 spiro atoms. The van der Waals surface area contributed by atoms with Gasteiger partial charge in [0, 0.05) is 17.3 Å². The fourth-order valence-corrected chi connectivity index (χ4v) is 2.88. The van der Waals surface area contributed by atoms with E-state index in [9.17, 15) is 13.2 Å². The molecule has 2 aromatic rings. The van der Waals surface area contributed by atoms with Crippen molar-refractivity contribution < 1.29 is 17.6 Å². The topological polar surface area (TPSA) is 79.6 Å². The van der Waals surface area contributed by atoms with Crippen LogP contribution < -0.4 is 4.72 Å². The smallest absolute Gasteiger partial charge is 0.254 e. The SMILES string of the molecule is Cc1ccc(CN(C(=O)c2cccc(NS(C)(=O)=O)c2)C(C)C)o1. The summed E-state index contributed by atoms with van der Waals surface area (Å²) in [7, 11) is -3.39. The predicted molar refractivity (Wildman–Crippen MR) is 93.4 cm³/mol. The summed E-state index contributed by atoms with van der Waals surface area (Å²) in [6, 6.07) is 10.1. The van der Waals surface area contributed by atoms with Gasteiger partial charge in [-0.25, -0.2) is 8.42 Å². The Morgan fingerprint density at radius 1 is 1.25 bits per heavy atom. The Kier molecular flexibility index (Phi) is 5.33. The van der Waals surface area contributed by atoms with Gasteiger partial charge in [-0.05, 0) is 51.1 Å². The quantitative estimate of drug-likeness (QED) is 0.868. The van der Waals surface area contributed by atoms with E-state index in [1.165, 1.54) is 6.07 Å². The first kappa shape index (κ1) is 18.1. The molecule has 1 aromatic heterocycles. The molecule has 0 saturated heterocycles. The van der Waals surface area contributed by atoms with E-state index in [0.717, 1.165) is 12.0 Å². The van der Waals surface area contributed by atoms with E-state index in [1.54, 1.807) is 23.1 Å². The number of nitrogens with zero attached hydrogens (tertiary/aromatic N) is 1. The minimum absolute atomic E-state index is 0.0329. The zero-order chi connectivity index (χ0) is 17.9. The Labute approximate surface area is 142 Å². The van der Waals surface area contributed by atoms with Crippen molar-refractivity contribution in [1.29, 1.82) is 0 Å². The molecule has 0 radical (unpaired) electrons. The largest absolute Gasteiger partial charge is 0.464 e. The van der Waals surface area contributed by atoms with Gasteiger partial charge in [0.2, 0.25) is 10.0 Å². The van der Waals surface area contributed by atoms with E-state index >= 15 is 0 Å². The number of carbonyl (C=O) groups is 1. The number of furan rings is 1. The molecule has 0 aliphatic rings. The average Bonchev–Trinajstić information content (AvgIpc) is 2.87. The predicted octanol–water partition coefficient (Wildman–Crippen LogP) is 3.01. The van der Waals surface area contributed by atoms with Crippen molar-refractivity contribution >= 4 is 21.6 Å². The standard InChI is InChI=1S/C17H22N2O4S/c1-12(2)19(11-16-9-8-13(3)23-16)17(20)14-6-5-7-15(10-14)18-24(4,21)22/h5-10,12,18H,11H2,1-4H3. The number of nitrogens with one attached hydrogen (secondary N) is 1. The molecule has 7 heteroatoms. The maximum atomic E-state index is 12.8. The Balaban J connectivity index is 2.25. The normalized spacial score (nSPS) is 11.5. The lowest BCUT2D eigenvalue weighted by molar-refractivity contribution is 0.0675. The van der Waals surface area contributed by atoms with Crippen molar-refractivity contribution in [3.8, 4) is 0 Å². The zero-order valence-electron chi connectivity index (χ0n) is 14.2. The van der Waals surface area contributed by atoms with E-state index in [4.69, 9.17) is 4.42 Å². The fraction of sp³-hybridized carbons (Fsp3) is 0.353. The molecule has 24 heavy (non-hydrogen) atoms. The highest BCUT2D eigenvalue weighted by Crippen LogP contribution is 2.18. The molecule has 1 heterocycles. The number of rotatable bonds is 6. The monoisotopic (exact) mass is 350 g/mol. The van der Waals surface area contributed by atoms with Crippen LogP contribution in [-0.2, 0) is 16.6 Å². The number of carbonyl (C=O) groups excluding carboxylic acids is 1. The van der Waals surface area contributed by atoms with Crippen molar-refractivity contribution in [1.82, 2.24) is 4.90 Å². The maximum Gasteiger partial charge on any atom is 0.254 e. The highest BCUT2D eigenvalue weighted by Gasteiger charge is 2.21. The average molecular weight is 350 g/mol. The molecule has 1 N–H and O–H groups in total. The Morgan fingerprint density at radius 3 is 2.50 bits per heavy atom. The van der Waals surface area contributed by atoms with Gasteiger partial charge in [0.05, 0.1) is 12.8 Å². The molecule has 0 aliphatic heterocycles. The van der Waals surface area contributed by atoms with Crippen LogP contribution in [0.1, 0.15) is 35.7 Å². The molecular weight excluding hydrogens is 328 g/mol. The summed E-state index contributed by atoms with van der Waals surface area (Å²) in [6.07, 6.45) is 1.07. The number of amides is 1. The third kappa shape index (κ3) is 4.86. The van der Waals surface area contributed by atoms with Crippen molar-refractivity contribution in [2.75, 3.05) is 11.0 Å². The first-order chi connectivity index (χ1) is 11.2. The third-order valence-corrected chi connectivity index (χ3v) is 4.03. The molecule has 1 amide bonds. The Bertz CT molecular complexity index is 825. The van der Waals surface area contributed by atoms with Crippen molar-refractivity contribution in [2.45, 2.75) is 33.4 Å². The molecular formula is C17H22N2O4S. The Morgan fingerprint density at radius 2 is 1.96 bits per heavy atom. The van der Waals surface area contributed by atoms with Crippen LogP contribution in [0.25, 0.3) is 0 Å². The first-order valence-electron chi connectivity index (χ1n) is 7.60. The van der Waals surface area contributed by atoms with Crippen LogP contribution in [0.15, 0.2) is 40.8 Å².